The highest BCUT2D eigenvalue weighted by atomic mass is 32.2. The summed E-state index contributed by atoms with van der Waals surface area (Å²) in [4.78, 5) is 30.6. The van der Waals surface area contributed by atoms with Crippen molar-refractivity contribution in [3.8, 4) is 5.69 Å². The minimum absolute atomic E-state index is 0.00129. The van der Waals surface area contributed by atoms with E-state index in [0.29, 0.717) is 0 Å². The number of hydrogen-bond acceptors (Lipinski definition) is 4. The number of amides is 2. The number of aryl methyl sites for hydroxylation is 2. The van der Waals surface area contributed by atoms with Crippen LogP contribution in [0.4, 0.5) is 5.69 Å². The second kappa shape index (κ2) is 9.63. The molecule has 3 rings (SSSR count). The Kier molecular flexibility index (Phi) is 6.95. The van der Waals surface area contributed by atoms with Gasteiger partial charge in [-0.25, -0.2) is 4.98 Å². The third kappa shape index (κ3) is 5.30. The zero-order chi connectivity index (χ0) is 21.7. The largest absolute Gasteiger partial charge is 0.336 e. The molecule has 0 unspecified atom stereocenters. The van der Waals surface area contributed by atoms with Crippen LogP contribution in [0.3, 0.4) is 0 Å². The predicted molar refractivity (Wildman–Crippen MR) is 121 cm³/mol. The fourth-order valence-corrected chi connectivity index (χ4v) is 3.86. The Bertz CT molecular complexity index is 1040. The number of carbonyl (C=O) groups is 2. The monoisotopic (exact) mass is 422 g/mol. The highest BCUT2D eigenvalue weighted by Gasteiger charge is 2.16. The van der Waals surface area contributed by atoms with Crippen LogP contribution in [0.2, 0.25) is 0 Å². The molecular weight excluding hydrogens is 396 g/mol. The normalized spacial score (nSPS) is 10.7. The van der Waals surface area contributed by atoms with Gasteiger partial charge in [-0.1, -0.05) is 41.6 Å². The summed E-state index contributed by atoms with van der Waals surface area (Å²) in [6.45, 7) is 6.13. The van der Waals surface area contributed by atoms with Crippen LogP contribution in [0, 0.1) is 20.8 Å². The number of thioether (sulfide) groups is 1. The molecule has 156 valence electrons. The summed E-state index contributed by atoms with van der Waals surface area (Å²) < 4.78 is 1.99. The van der Waals surface area contributed by atoms with Gasteiger partial charge in [0.05, 0.1) is 18.0 Å². The van der Waals surface area contributed by atoms with Crippen LogP contribution < -0.4 is 5.32 Å². The van der Waals surface area contributed by atoms with E-state index < -0.39 is 0 Å². The van der Waals surface area contributed by atoms with E-state index in [1.165, 1.54) is 27.8 Å². The van der Waals surface area contributed by atoms with Crippen LogP contribution >= 0.6 is 11.8 Å². The van der Waals surface area contributed by atoms with E-state index in [0.717, 1.165) is 22.1 Å². The van der Waals surface area contributed by atoms with Crippen molar-refractivity contribution < 1.29 is 9.59 Å². The minimum atomic E-state index is -0.225. The molecule has 1 heterocycles. The molecule has 2 amide bonds. The first-order valence-corrected chi connectivity index (χ1v) is 10.7. The van der Waals surface area contributed by atoms with Gasteiger partial charge in [-0.2, -0.15) is 0 Å². The summed E-state index contributed by atoms with van der Waals surface area (Å²) in [6.07, 6.45) is 3.63. The maximum Gasteiger partial charge on any atom is 0.243 e. The van der Waals surface area contributed by atoms with Crippen molar-refractivity contribution in [3.05, 3.63) is 71.5 Å². The van der Waals surface area contributed by atoms with E-state index in [4.69, 9.17) is 0 Å². The van der Waals surface area contributed by atoms with Crippen molar-refractivity contribution in [2.24, 2.45) is 0 Å². The first-order valence-electron chi connectivity index (χ1n) is 9.68. The van der Waals surface area contributed by atoms with Gasteiger partial charge in [0.1, 0.15) is 0 Å². The third-order valence-corrected chi connectivity index (χ3v) is 5.86. The van der Waals surface area contributed by atoms with E-state index >= 15 is 0 Å². The summed E-state index contributed by atoms with van der Waals surface area (Å²) in [5.41, 5.74) is 5.27. The van der Waals surface area contributed by atoms with Crippen molar-refractivity contribution in [2.45, 2.75) is 25.9 Å². The van der Waals surface area contributed by atoms with Gasteiger partial charge < -0.3 is 10.2 Å². The number of anilines is 1. The zero-order valence-electron chi connectivity index (χ0n) is 17.7. The average molecular weight is 423 g/mol. The van der Waals surface area contributed by atoms with Crippen LogP contribution in [-0.2, 0) is 9.59 Å². The SMILES string of the molecule is Cc1ccc(NC(=O)CN(C)C(=O)CSc2nccn2-c2cccc(C)c2C)cc1. The number of aromatic nitrogens is 2. The smallest absolute Gasteiger partial charge is 0.243 e. The molecular formula is C23H26N4O2S. The van der Waals surface area contributed by atoms with E-state index in [2.05, 4.69) is 30.2 Å². The highest BCUT2D eigenvalue weighted by Crippen LogP contribution is 2.24. The molecule has 0 atom stereocenters. The van der Waals surface area contributed by atoms with Gasteiger partial charge in [0.25, 0.3) is 0 Å². The fraction of sp³-hybridized carbons (Fsp3) is 0.261. The van der Waals surface area contributed by atoms with Crippen molar-refractivity contribution in [2.75, 3.05) is 24.7 Å². The minimum Gasteiger partial charge on any atom is -0.336 e. The summed E-state index contributed by atoms with van der Waals surface area (Å²) >= 11 is 1.36. The van der Waals surface area contributed by atoms with Gasteiger partial charge in [0.2, 0.25) is 11.8 Å². The average Bonchev–Trinajstić information content (AvgIpc) is 3.18. The number of rotatable bonds is 7. The molecule has 0 aliphatic rings. The van der Waals surface area contributed by atoms with Gasteiger partial charge >= 0.3 is 0 Å². The molecule has 0 spiro atoms. The molecule has 1 aromatic heterocycles. The van der Waals surface area contributed by atoms with E-state index in [-0.39, 0.29) is 24.1 Å². The highest BCUT2D eigenvalue weighted by molar-refractivity contribution is 7.99. The Morgan fingerprint density at radius 1 is 1.10 bits per heavy atom. The number of nitrogens with one attached hydrogen (secondary N) is 1. The molecule has 1 N–H and O–H groups in total. The zero-order valence-corrected chi connectivity index (χ0v) is 18.5. The van der Waals surface area contributed by atoms with E-state index in [1.807, 2.05) is 54.1 Å². The fourth-order valence-electron chi connectivity index (χ4n) is 2.95. The van der Waals surface area contributed by atoms with Gasteiger partial charge in [0.15, 0.2) is 5.16 Å². The van der Waals surface area contributed by atoms with Gasteiger partial charge in [-0.05, 0) is 50.1 Å². The molecule has 0 aliphatic heterocycles. The molecule has 0 radical (unpaired) electrons. The lowest BCUT2D eigenvalue weighted by Crippen LogP contribution is -2.36. The molecule has 7 heteroatoms. The van der Waals surface area contributed by atoms with Crippen LogP contribution in [0.5, 0.6) is 0 Å². The lowest BCUT2D eigenvalue weighted by atomic mass is 10.1. The molecule has 0 aliphatic carbocycles. The molecule has 0 bridgehead atoms. The Morgan fingerprint density at radius 3 is 2.57 bits per heavy atom. The Morgan fingerprint density at radius 2 is 1.83 bits per heavy atom. The van der Waals surface area contributed by atoms with Crippen molar-refractivity contribution in [1.82, 2.24) is 14.5 Å². The maximum atomic E-state index is 12.5. The molecule has 6 nitrogen and oxygen atoms in total. The van der Waals surface area contributed by atoms with Crippen molar-refractivity contribution in [3.63, 3.8) is 0 Å². The van der Waals surface area contributed by atoms with Crippen LogP contribution in [0.25, 0.3) is 5.69 Å². The second-order valence-corrected chi connectivity index (χ2v) is 8.19. The van der Waals surface area contributed by atoms with Crippen molar-refractivity contribution >= 4 is 29.3 Å². The number of likely N-dealkylation sites (N-methyl/N-ethyl adjacent to an activating group) is 1. The molecule has 0 saturated carbocycles. The van der Waals surface area contributed by atoms with Gasteiger partial charge in [-0.15, -0.1) is 0 Å². The van der Waals surface area contributed by atoms with Crippen LogP contribution in [0.15, 0.2) is 60.0 Å². The van der Waals surface area contributed by atoms with E-state index in [9.17, 15) is 9.59 Å². The lowest BCUT2D eigenvalue weighted by molar-refractivity contribution is -0.131. The number of nitrogens with zero attached hydrogens (tertiary/aromatic N) is 3. The summed E-state index contributed by atoms with van der Waals surface area (Å²) in [7, 11) is 1.63. The molecule has 0 fully saturated rings. The molecule has 2 aromatic carbocycles. The summed E-state index contributed by atoms with van der Waals surface area (Å²) in [6, 6.07) is 13.7. The number of benzene rings is 2. The number of hydrogen-bond donors (Lipinski definition) is 1. The van der Waals surface area contributed by atoms with Crippen LogP contribution in [-0.4, -0.2) is 45.6 Å². The molecule has 0 saturated heterocycles. The number of imidazole rings is 1. The Labute approximate surface area is 181 Å². The molecule has 3 aromatic rings. The lowest BCUT2D eigenvalue weighted by Gasteiger charge is -2.17. The second-order valence-electron chi connectivity index (χ2n) is 7.25. The summed E-state index contributed by atoms with van der Waals surface area (Å²) in [5, 5.41) is 3.56. The quantitative estimate of drug-likeness (QED) is 0.585. The van der Waals surface area contributed by atoms with Crippen LogP contribution in [0.1, 0.15) is 16.7 Å². The third-order valence-electron chi connectivity index (χ3n) is 4.91. The first kappa shape index (κ1) is 21.6. The topological polar surface area (TPSA) is 67.2 Å². The Balaban J connectivity index is 1.57. The van der Waals surface area contributed by atoms with Gasteiger partial charge in [-0.3, -0.25) is 14.2 Å². The maximum absolute atomic E-state index is 12.5. The first-order chi connectivity index (χ1) is 14.3. The summed E-state index contributed by atoms with van der Waals surface area (Å²) in [5.74, 6) is -0.151. The van der Waals surface area contributed by atoms with E-state index in [1.54, 1.807) is 13.2 Å². The van der Waals surface area contributed by atoms with Crippen molar-refractivity contribution in [1.29, 1.82) is 0 Å². The standard InChI is InChI=1S/C23H26N4O2S/c1-16-8-10-19(11-9-16)25-21(28)14-26(4)22(29)15-30-23-24-12-13-27(23)20-7-5-6-17(2)18(20)3/h5-13H,14-15H2,1-4H3,(H,25,28). The van der Waals surface area contributed by atoms with Gasteiger partial charge in [0, 0.05) is 25.1 Å². The Hall–Kier alpha value is -3.06. The predicted octanol–water partition coefficient (Wildman–Crippen LogP) is 3.99. The molecule has 30 heavy (non-hydrogen) atoms. The number of carbonyl (C=O) groups excluding carboxylic acids is 2.